The molecule has 0 aliphatic heterocycles. The maximum absolute atomic E-state index is 12.3. The molecule has 0 unspecified atom stereocenters. The van der Waals surface area contributed by atoms with Crippen molar-refractivity contribution in [1.82, 2.24) is 15.6 Å². The Kier molecular flexibility index (Phi) is 7.58. The highest BCUT2D eigenvalue weighted by atomic mass is 32.2. The number of carbonyl (C=O) groups is 2. The lowest BCUT2D eigenvalue weighted by Gasteiger charge is -2.15. The van der Waals surface area contributed by atoms with Crippen LogP contribution in [0.4, 0.5) is 0 Å². The molecule has 3 rings (SSSR count). The molecule has 3 aromatic carbocycles. The number of benzene rings is 3. The Morgan fingerprint density at radius 1 is 0.812 bits per heavy atom. The summed E-state index contributed by atoms with van der Waals surface area (Å²) in [6.45, 7) is 1.04. The van der Waals surface area contributed by atoms with E-state index in [1.165, 1.54) is 19.1 Å². The van der Waals surface area contributed by atoms with Crippen LogP contribution in [0.3, 0.4) is 0 Å². The fourth-order valence-corrected chi connectivity index (χ4v) is 3.98. The summed E-state index contributed by atoms with van der Waals surface area (Å²) in [5, 5.41) is 0. The van der Waals surface area contributed by atoms with E-state index in [0.29, 0.717) is 5.75 Å². The maximum atomic E-state index is 12.3. The summed E-state index contributed by atoms with van der Waals surface area (Å²) in [5.74, 6) is -0.816. The van der Waals surface area contributed by atoms with Crippen LogP contribution < -0.4 is 20.3 Å². The molecule has 0 aliphatic carbocycles. The number of hydrogen-bond acceptors (Lipinski definition) is 5. The fourth-order valence-electron chi connectivity index (χ4n) is 2.75. The number of sulfonamides is 1. The number of hydrogen-bond donors (Lipinski definition) is 3. The fraction of sp³-hybridized carbons (Fsp3) is 0.130. The van der Waals surface area contributed by atoms with Crippen molar-refractivity contribution < 1.29 is 22.7 Å². The summed E-state index contributed by atoms with van der Waals surface area (Å²) in [5.41, 5.74) is 6.46. The van der Waals surface area contributed by atoms with E-state index in [9.17, 15) is 18.0 Å². The molecule has 8 nitrogen and oxygen atoms in total. The zero-order valence-electron chi connectivity index (χ0n) is 17.3. The maximum Gasteiger partial charge on any atom is 0.276 e. The van der Waals surface area contributed by atoms with Crippen molar-refractivity contribution in [2.24, 2.45) is 0 Å². The first kappa shape index (κ1) is 23.0. The average Bonchev–Trinajstić information content (AvgIpc) is 2.82. The lowest BCUT2D eigenvalue weighted by atomic mass is 10.1. The predicted molar refractivity (Wildman–Crippen MR) is 120 cm³/mol. The Bertz CT molecular complexity index is 1150. The van der Waals surface area contributed by atoms with Crippen molar-refractivity contribution in [2.45, 2.75) is 17.9 Å². The minimum absolute atomic E-state index is 0.0374. The van der Waals surface area contributed by atoms with Crippen molar-refractivity contribution in [2.75, 3.05) is 6.61 Å². The molecule has 32 heavy (non-hydrogen) atoms. The van der Waals surface area contributed by atoms with Crippen LogP contribution in [0.1, 0.15) is 6.92 Å². The molecule has 0 aromatic heterocycles. The molecular formula is C23H23N3O5S. The van der Waals surface area contributed by atoms with Crippen molar-refractivity contribution in [1.29, 1.82) is 0 Å². The summed E-state index contributed by atoms with van der Waals surface area (Å²) in [7, 11) is -3.86. The molecule has 0 saturated carbocycles. The van der Waals surface area contributed by atoms with Gasteiger partial charge in [-0.25, -0.2) is 8.42 Å². The van der Waals surface area contributed by atoms with Gasteiger partial charge in [0, 0.05) is 0 Å². The van der Waals surface area contributed by atoms with Gasteiger partial charge in [0.05, 0.1) is 10.9 Å². The third-order valence-electron chi connectivity index (χ3n) is 4.44. The van der Waals surface area contributed by atoms with Gasteiger partial charge in [-0.05, 0) is 42.3 Å². The van der Waals surface area contributed by atoms with E-state index in [-0.39, 0.29) is 11.5 Å². The van der Waals surface area contributed by atoms with Crippen molar-refractivity contribution >= 4 is 21.8 Å². The summed E-state index contributed by atoms with van der Waals surface area (Å²) >= 11 is 0. The van der Waals surface area contributed by atoms with Crippen LogP contribution in [0, 0.1) is 0 Å². The summed E-state index contributed by atoms with van der Waals surface area (Å²) in [6, 6.07) is 23.6. The molecule has 0 saturated heterocycles. The van der Waals surface area contributed by atoms with Crippen molar-refractivity contribution in [3.8, 4) is 16.9 Å². The minimum atomic E-state index is -3.86. The van der Waals surface area contributed by atoms with Crippen LogP contribution in [-0.2, 0) is 19.6 Å². The smallest absolute Gasteiger partial charge is 0.276 e. The van der Waals surface area contributed by atoms with Gasteiger partial charge in [-0.15, -0.1) is 0 Å². The van der Waals surface area contributed by atoms with Gasteiger partial charge in [0.1, 0.15) is 5.75 Å². The van der Waals surface area contributed by atoms with E-state index in [4.69, 9.17) is 4.74 Å². The van der Waals surface area contributed by atoms with E-state index in [2.05, 4.69) is 15.6 Å². The third kappa shape index (κ3) is 6.40. The first-order valence-corrected chi connectivity index (χ1v) is 11.3. The molecular weight excluding hydrogens is 430 g/mol. The molecule has 3 N–H and O–H groups in total. The molecule has 0 spiro atoms. The second-order valence-corrected chi connectivity index (χ2v) is 8.59. The SMILES string of the molecule is C[C@H](NS(=O)(=O)c1ccccc1)C(=O)NNC(=O)COc1ccc(-c2ccccc2)cc1. The van der Waals surface area contributed by atoms with Crippen molar-refractivity contribution in [3.63, 3.8) is 0 Å². The number of rotatable bonds is 8. The summed E-state index contributed by atoms with van der Waals surface area (Å²) in [6.07, 6.45) is 0. The molecule has 1 atom stereocenters. The van der Waals surface area contributed by atoms with Crippen LogP contribution >= 0.6 is 0 Å². The first-order chi connectivity index (χ1) is 15.3. The molecule has 0 fully saturated rings. The number of ether oxygens (including phenoxy) is 1. The zero-order valence-corrected chi connectivity index (χ0v) is 18.1. The van der Waals surface area contributed by atoms with E-state index in [1.54, 1.807) is 30.3 Å². The van der Waals surface area contributed by atoms with Gasteiger partial charge in [0.15, 0.2) is 6.61 Å². The van der Waals surface area contributed by atoms with E-state index < -0.39 is 27.9 Å². The second kappa shape index (κ2) is 10.6. The second-order valence-electron chi connectivity index (χ2n) is 6.87. The molecule has 3 aromatic rings. The largest absolute Gasteiger partial charge is 0.484 e. The van der Waals surface area contributed by atoms with Crippen molar-refractivity contribution in [3.05, 3.63) is 84.9 Å². The number of amides is 2. The monoisotopic (exact) mass is 453 g/mol. The Morgan fingerprint density at radius 3 is 2.00 bits per heavy atom. The highest BCUT2D eigenvalue weighted by molar-refractivity contribution is 7.89. The number of carbonyl (C=O) groups excluding carboxylic acids is 2. The zero-order chi connectivity index (χ0) is 23.0. The normalized spacial score (nSPS) is 11.9. The van der Waals surface area contributed by atoms with Crippen LogP contribution in [-0.4, -0.2) is 32.9 Å². The highest BCUT2D eigenvalue weighted by Gasteiger charge is 2.22. The minimum Gasteiger partial charge on any atom is -0.484 e. The third-order valence-corrected chi connectivity index (χ3v) is 5.99. The molecule has 0 aliphatic rings. The quantitative estimate of drug-likeness (QED) is 0.453. The van der Waals surface area contributed by atoms with Crippen LogP contribution in [0.5, 0.6) is 5.75 Å². The van der Waals surface area contributed by atoms with E-state index >= 15 is 0 Å². The van der Waals surface area contributed by atoms with Crippen LogP contribution in [0.25, 0.3) is 11.1 Å². The predicted octanol–water partition coefficient (Wildman–Crippen LogP) is 2.25. The molecule has 2 amide bonds. The number of nitrogens with one attached hydrogen (secondary N) is 3. The Balaban J connectivity index is 1.44. The Morgan fingerprint density at radius 2 is 1.38 bits per heavy atom. The van der Waals surface area contributed by atoms with Gasteiger partial charge in [-0.2, -0.15) is 4.72 Å². The average molecular weight is 454 g/mol. The standard InChI is InChI=1S/C23H23N3O5S/c1-17(26-32(29,30)21-10-6-3-7-11-21)23(28)25-24-22(27)16-31-20-14-12-19(13-15-20)18-8-4-2-5-9-18/h2-15,17,26H,16H2,1H3,(H,24,27)(H,25,28)/t17-/m0/s1. The van der Waals surface area contributed by atoms with Crippen LogP contribution in [0.2, 0.25) is 0 Å². The van der Waals surface area contributed by atoms with Gasteiger partial charge in [-0.1, -0.05) is 60.7 Å². The highest BCUT2D eigenvalue weighted by Crippen LogP contribution is 2.21. The van der Waals surface area contributed by atoms with Gasteiger partial charge in [0.25, 0.3) is 11.8 Å². The van der Waals surface area contributed by atoms with Crippen LogP contribution in [0.15, 0.2) is 89.8 Å². The topological polar surface area (TPSA) is 114 Å². The van der Waals surface area contributed by atoms with Gasteiger partial charge < -0.3 is 4.74 Å². The lowest BCUT2D eigenvalue weighted by molar-refractivity contribution is -0.130. The number of hydrazine groups is 1. The summed E-state index contributed by atoms with van der Waals surface area (Å²) in [4.78, 5) is 24.1. The van der Waals surface area contributed by atoms with Gasteiger partial charge >= 0.3 is 0 Å². The summed E-state index contributed by atoms with van der Waals surface area (Å²) < 4.78 is 32.2. The first-order valence-electron chi connectivity index (χ1n) is 9.79. The molecule has 166 valence electrons. The molecule has 0 bridgehead atoms. The lowest BCUT2D eigenvalue weighted by Crippen LogP contribution is -2.51. The Hall–Kier alpha value is -3.69. The molecule has 0 heterocycles. The Labute approximate surface area is 186 Å². The van der Waals surface area contributed by atoms with Gasteiger partial charge in [-0.3, -0.25) is 20.4 Å². The van der Waals surface area contributed by atoms with E-state index in [0.717, 1.165) is 11.1 Å². The molecule has 9 heteroatoms. The molecule has 0 radical (unpaired) electrons. The van der Waals surface area contributed by atoms with E-state index in [1.807, 2.05) is 42.5 Å². The van der Waals surface area contributed by atoms with Gasteiger partial charge in [0.2, 0.25) is 10.0 Å².